The summed E-state index contributed by atoms with van der Waals surface area (Å²) < 4.78 is 10.4. The predicted octanol–water partition coefficient (Wildman–Crippen LogP) is 2.99. The molecule has 0 amide bonds. The lowest BCUT2D eigenvalue weighted by Crippen LogP contribution is -2.20. The fourth-order valence-electron chi connectivity index (χ4n) is 2.76. The van der Waals surface area contributed by atoms with Crippen LogP contribution in [0.4, 0.5) is 5.95 Å². The second-order valence-electron chi connectivity index (χ2n) is 5.78. The molecular formula is C19H21N3O3. The molecule has 0 aliphatic carbocycles. The molecule has 0 bridgehead atoms. The molecule has 1 fully saturated rings. The largest absolute Gasteiger partial charge is 0.493 e. The third-order valence-electron chi connectivity index (χ3n) is 4.14. The van der Waals surface area contributed by atoms with E-state index in [-0.39, 0.29) is 5.78 Å². The summed E-state index contributed by atoms with van der Waals surface area (Å²) in [5, 5.41) is 0. The maximum absolute atomic E-state index is 12.3. The maximum Gasteiger partial charge on any atom is 0.225 e. The summed E-state index contributed by atoms with van der Waals surface area (Å²) in [6.45, 7) is 2.01. The van der Waals surface area contributed by atoms with Crippen LogP contribution in [0.3, 0.4) is 0 Å². The fourth-order valence-corrected chi connectivity index (χ4v) is 2.76. The van der Waals surface area contributed by atoms with Gasteiger partial charge in [0.25, 0.3) is 0 Å². The fraction of sp³-hybridized carbons (Fsp3) is 0.316. The van der Waals surface area contributed by atoms with E-state index in [0.29, 0.717) is 17.1 Å². The normalized spacial score (nSPS) is 14.1. The van der Waals surface area contributed by atoms with Gasteiger partial charge >= 0.3 is 0 Å². The van der Waals surface area contributed by atoms with Gasteiger partial charge in [-0.25, -0.2) is 9.97 Å². The van der Waals surface area contributed by atoms with Crippen LogP contribution in [0.2, 0.25) is 0 Å². The lowest BCUT2D eigenvalue weighted by molar-refractivity contribution is 0.104. The van der Waals surface area contributed by atoms with Crippen LogP contribution in [0, 0.1) is 0 Å². The average Bonchev–Trinajstić information content (AvgIpc) is 3.20. The molecule has 1 saturated heterocycles. The van der Waals surface area contributed by atoms with E-state index in [1.54, 1.807) is 50.9 Å². The first-order valence-corrected chi connectivity index (χ1v) is 8.22. The highest BCUT2D eigenvalue weighted by molar-refractivity contribution is 6.07. The van der Waals surface area contributed by atoms with Crippen LogP contribution >= 0.6 is 0 Å². The van der Waals surface area contributed by atoms with Crippen molar-refractivity contribution >= 4 is 17.8 Å². The average molecular weight is 339 g/mol. The van der Waals surface area contributed by atoms with Gasteiger partial charge in [0.2, 0.25) is 5.95 Å². The molecule has 2 heterocycles. The summed E-state index contributed by atoms with van der Waals surface area (Å²) >= 11 is 0. The molecule has 1 aromatic heterocycles. The van der Waals surface area contributed by atoms with E-state index in [9.17, 15) is 4.79 Å². The molecule has 0 atom stereocenters. The van der Waals surface area contributed by atoms with Crippen molar-refractivity contribution in [3.63, 3.8) is 0 Å². The number of carbonyl (C=O) groups is 1. The van der Waals surface area contributed by atoms with Crippen molar-refractivity contribution in [3.8, 4) is 11.5 Å². The number of aromatic nitrogens is 2. The summed E-state index contributed by atoms with van der Waals surface area (Å²) in [6, 6.07) is 5.09. The Labute approximate surface area is 147 Å². The summed E-state index contributed by atoms with van der Waals surface area (Å²) in [7, 11) is 3.10. The Morgan fingerprint density at radius 3 is 2.40 bits per heavy atom. The van der Waals surface area contributed by atoms with Crippen molar-refractivity contribution in [2.75, 3.05) is 32.2 Å². The van der Waals surface area contributed by atoms with Crippen molar-refractivity contribution in [1.82, 2.24) is 9.97 Å². The first kappa shape index (κ1) is 17.0. The van der Waals surface area contributed by atoms with Gasteiger partial charge in [0.05, 0.1) is 14.2 Å². The van der Waals surface area contributed by atoms with Crippen molar-refractivity contribution in [2.24, 2.45) is 0 Å². The summed E-state index contributed by atoms with van der Waals surface area (Å²) in [5.41, 5.74) is 1.32. The number of methoxy groups -OCH3 is 2. The zero-order valence-corrected chi connectivity index (χ0v) is 14.4. The van der Waals surface area contributed by atoms with Gasteiger partial charge in [0.15, 0.2) is 17.3 Å². The molecule has 1 aliphatic heterocycles. The van der Waals surface area contributed by atoms with Gasteiger partial charge in [-0.15, -0.1) is 0 Å². The Kier molecular flexibility index (Phi) is 5.28. The number of ether oxygens (including phenoxy) is 2. The smallest absolute Gasteiger partial charge is 0.225 e. The Balaban J connectivity index is 1.69. The van der Waals surface area contributed by atoms with Gasteiger partial charge in [-0.05, 0) is 43.2 Å². The SMILES string of the molecule is COc1ccc(C(=O)/C=C\c2cnc(N3CCCC3)nc2)cc1OC. The minimum Gasteiger partial charge on any atom is -0.493 e. The van der Waals surface area contributed by atoms with Gasteiger partial charge in [0, 0.05) is 36.6 Å². The molecule has 6 nitrogen and oxygen atoms in total. The third-order valence-corrected chi connectivity index (χ3v) is 4.14. The third kappa shape index (κ3) is 3.96. The molecule has 0 N–H and O–H groups in total. The highest BCUT2D eigenvalue weighted by Crippen LogP contribution is 2.27. The molecule has 0 radical (unpaired) electrons. The monoisotopic (exact) mass is 339 g/mol. The topological polar surface area (TPSA) is 64.5 Å². The van der Waals surface area contributed by atoms with Crippen molar-refractivity contribution in [1.29, 1.82) is 0 Å². The van der Waals surface area contributed by atoms with Crippen LogP contribution in [0.25, 0.3) is 6.08 Å². The van der Waals surface area contributed by atoms with Crippen molar-refractivity contribution in [2.45, 2.75) is 12.8 Å². The number of hydrogen-bond donors (Lipinski definition) is 0. The van der Waals surface area contributed by atoms with E-state index in [2.05, 4.69) is 14.9 Å². The summed E-state index contributed by atoms with van der Waals surface area (Å²) in [5.74, 6) is 1.75. The number of allylic oxidation sites excluding steroid dienone is 1. The number of carbonyl (C=O) groups excluding carboxylic acids is 1. The molecule has 0 unspecified atom stereocenters. The van der Waals surface area contributed by atoms with E-state index in [4.69, 9.17) is 9.47 Å². The molecule has 1 aromatic carbocycles. The number of benzene rings is 1. The molecule has 6 heteroatoms. The number of nitrogens with zero attached hydrogens (tertiary/aromatic N) is 3. The van der Waals surface area contributed by atoms with Crippen LogP contribution in [-0.4, -0.2) is 43.1 Å². The van der Waals surface area contributed by atoms with Crippen LogP contribution in [0.5, 0.6) is 11.5 Å². The molecular weight excluding hydrogens is 318 g/mol. The van der Waals surface area contributed by atoms with E-state index < -0.39 is 0 Å². The van der Waals surface area contributed by atoms with E-state index in [1.165, 1.54) is 18.9 Å². The molecule has 0 saturated carbocycles. The molecule has 25 heavy (non-hydrogen) atoms. The highest BCUT2D eigenvalue weighted by atomic mass is 16.5. The zero-order chi connectivity index (χ0) is 17.6. The van der Waals surface area contributed by atoms with Gasteiger partial charge < -0.3 is 14.4 Å². The van der Waals surface area contributed by atoms with Crippen LogP contribution in [0.15, 0.2) is 36.7 Å². The predicted molar refractivity (Wildman–Crippen MR) is 96.4 cm³/mol. The second kappa shape index (κ2) is 7.79. The van der Waals surface area contributed by atoms with Gasteiger partial charge in [-0.3, -0.25) is 4.79 Å². The molecule has 1 aliphatic rings. The Bertz CT molecular complexity index is 766. The van der Waals surface area contributed by atoms with Gasteiger partial charge in [-0.1, -0.05) is 0 Å². The lowest BCUT2D eigenvalue weighted by atomic mass is 10.1. The zero-order valence-electron chi connectivity index (χ0n) is 14.4. The minimum atomic E-state index is -0.121. The van der Waals surface area contributed by atoms with Crippen LogP contribution in [0.1, 0.15) is 28.8 Å². The minimum absolute atomic E-state index is 0.121. The Hall–Kier alpha value is -2.89. The van der Waals surface area contributed by atoms with Crippen molar-refractivity contribution < 1.29 is 14.3 Å². The number of rotatable bonds is 6. The summed E-state index contributed by atoms with van der Waals surface area (Å²) in [6.07, 6.45) is 9.07. The van der Waals surface area contributed by atoms with E-state index >= 15 is 0 Å². The highest BCUT2D eigenvalue weighted by Gasteiger charge is 2.14. The quantitative estimate of drug-likeness (QED) is 0.595. The second-order valence-corrected chi connectivity index (χ2v) is 5.78. The molecule has 2 aromatic rings. The first-order valence-electron chi connectivity index (χ1n) is 8.22. The maximum atomic E-state index is 12.3. The summed E-state index contributed by atoms with van der Waals surface area (Å²) in [4.78, 5) is 23.3. The van der Waals surface area contributed by atoms with Gasteiger partial charge in [-0.2, -0.15) is 0 Å². The first-order chi connectivity index (χ1) is 12.2. The van der Waals surface area contributed by atoms with Crippen LogP contribution < -0.4 is 14.4 Å². The lowest BCUT2D eigenvalue weighted by Gasteiger charge is -2.14. The van der Waals surface area contributed by atoms with Crippen LogP contribution in [-0.2, 0) is 0 Å². The Morgan fingerprint density at radius 1 is 1.08 bits per heavy atom. The Morgan fingerprint density at radius 2 is 1.76 bits per heavy atom. The molecule has 3 rings (SSSR count). The number of hydrogen-bond acceptors (Lipinski definition) is 6. The van der Waals surface area contributed by atoms with E-state index in [0.717, 1.165) is 24.6 Å². The number of ketones is 1. The standard InChI is InChI=1S/C19H21N3O3/c1-24-17-8-6-15(11-18(17)25-2)16(23)7-5-14-12-20-19(21-13-14)22-9-3-4-10-22/h5-8,11-13H,3-4,9-10H2,1-2H3/b7-5-. The van der Waals surface area contributed by atoms with Crippen molar-refractivity contribution in [3.05, 3.63) is 47.8 Å². The molecule has 130 valence electrons. The number of anilines is 1. The molecule has 0 spiro atoms. The van der Waals surface area contributed by atoms with E-state index in [1.807, 2.05) is 0 Å². The van der Waals surface area contributed by atoms with Gasteiger partial charge in [0.1, 0.15) is 0 Å².